The Morgan fingerprint density at radius 2 is 2.10 bits per heavy atom. The second kappa shape index (κ2) is 7.63. The van der Waals surface area contributed by atoms with E-state index in [1.54, 1.807) is 28.9 Å². The molecule has 3 aromatic rings. The fourth-order valence-corrected chi connectivity index (χ4v) is 4.06. The molecule has 1 aromatic heterocycles. The number of carbonyl (C=O) groups excluding carboxylic acids is 2. The number of nitrogens with zero attached hydrogens (tertiary/aromatic N) is 2. The molecule has 0 saturated carbocycles. The molecule has 0 spiro atoms. The molecule has 5 rings (SSSR count). The Morgan fingerprint density at radius 1 is 1.26 bits per heavy atom. The van der Waals surface area contributed by atoms with E-state index < -0.39 is 6.04 Å². The maximum atomic E-state index is 12.7. The number of hydrogen-bond donors (Lipinski definition) is 2. The van der Waals surface area contributed by atoms with Gasteiger partial charge >= 0.3 is 0 Å². The first-order valence-corrected chi connectivity index (χ1v) is 10.3. The van der Waals surface area contributed by atoms with Gasteiger partial charge in [-0.1, -0.05) is 30.7 Å². The van der Waals surface area contributed by atoms with Gasteiger partial charge < -0.3 is 20.1 Å². The predicted octanol–water partition coefficient (Wildman–Crippen LogP) is 4.02. The Morgan fingerprint density at radius 3 is 2.90 bits per heavy atom. The lowest BCUT2D eigenvalue weighted by Gasteiger charge is -2.10. The molecule has 3 heterocycles. The molecule has 0 aliphatic carbocycles. The third-order valence-corrected chi connectivity index (χ3v) is 5.54. The van der Waals surface area contributed by atoms with Crippen molar-refractivity contribution in [1.82, 2.24) is 9.78 Å². The summed E-state index contributed by atoms with van der Waals surface area (Å²) >= 11 is 6.16. The molecule has 158 valence electrons. The molecule has 2 aromatic carbocycles. The molecule has 0 bridgehead atoms. The van der Waals surface area contributed by atoms with Crippen LogP contribution in [-0.2, 0) is 16.0 Å². The highest BCUT2D eigenvalue weighted by molar-refractivity contribution is 6.30. The number of rotatable bonds is 5. The number of aromatic nitrogens is 2. The van der Waals surface area contributed by atoms with Gasteiger partial charge in [0.05, 0.1) is 12.1 Å². The van der Waals surface area contributed by atoms with Crippen molar-refractivity contribution in [1.29, 1.82) is 0 Å². The minimum Gasteiger partial charge on any atom is -0.454 e. The van der Waals surface area contributed by atoms with Crippen molar-refractivity contribution in [3.8, 4) is 22.6 Å². The number of aryl methyl sites for hydroxylation is 1. The van der Waals surface area contributed by atoms with E-state index in [1.165, 1.54) is 0 Å². The zero-order valence-electron chi connectivity index (χ0n) is 16.6. The van der Waals surface area contributed by atoms with Crippen LogP contribution in [0.25, 0.3) is 11.1 Å². The molecular weight excluding hydrogens is 420 g/mol. The van der Waals surface area contributed by atoms with Crippen molar-refractivity contribution in [3.05, 3.63) is 53.2 Å². The van der Waals surface area contributed by atoms with E-state index in [-0.39, 0.29) is 25.0 Å². The van der Waals surface area contributed by atoms with Crippen LogP contribution in [0.15, 0.2) is 42.5 Å². The second-order valence-electron chi connectivity index (χ2n) is 7.30. The molecule has 8 nitrogen and oxygen atoms in total. The summed E-state index contributed by atoms with van der Waals surface area (Å²) in [6.45, 7) is 2.15. The Kier molecular flexibility index (Phi) is 4.78. The monoisotopic (exact) mass is 438 g/mol. The molecule has 0 fully saturated rings. The van der Waals surface area contributed by atoms with Crippen molar-refractivity contribution in [3.63, 3.8) is 0 Å². The molecule has 1 atom stereocenters. The minimum absolute atomic E-state index is 0.0485. The predicted molar refractivity (Wildman–Crippen MR) is 116 cm³/mol. The second-order valence-corrected chi connectivity index (χ2v) is 7.74. The molecular formula is C22H19ClN4O4. The number of halogens is 1. The van der Waals surface area contributed by atoms with Gasteiger partial charge in [0.2, 0.25) is 12.7 Å². The highest BCUT2D eigenvalue weighted by atomic mass is 35.5. The summed E-state index contributed by atoms with van der Waals surface area (Å²) in [5.41, 5.74) is 3.11. The number of amides is 2. The van der Waals surface area contributed by atoms with E-state index in [1.807, 2.05) is 25.1 Å². The normalized spacial score (nSPS) is 16.2. The number of fused-ring (bicyclic) bond motifs is 2. The highest BCUT2D eigenvalue weighted by Gasteiger charge is 2.36. The summed E-state index contributed by atoms with van der Waals surface area (Å²) in [6, 6.07) is 11.8. The summed E-state index contributed by atoms with van der Waals surface area (Å²) in [5, 5.41) is 10.9. The maximum absolute atomic E-state index is 12.7. The molecule has 0 radical (unpaired) electrons. The van der Waals surface area contributed by atoms with Gasteiger partial charge in [-0.15, -0.1) is 0 Å². The van der Waals surface area contributed by atoms with Gasteiger partial charge in [0, 0.05) is 22.3 Å². The van der Waals surface area contributed by atoms with Gasteiger partial charge in [-0.05, 0) is 36.2 Å². The van der Waals surface area contributed by atoms with E-state index in [9.17, 15) is 9.59 Å². The van der Waals surface area contributed by atoms with E-state index in [0.717, 1.165) is 16.8 Å². The van der Waals surface area contributed by atoms with E-state index in [0.29, 0.717) is 34.4 Å². The number of anilines is 2. The fourth-order valence-electron chi connectivity index (χ4n) is 3.87. The van der Waals surface area contributed by atoms with Gasteiger partial charge in [0.15, 0.2) is 11.5 Å². The number of nitrogens with one attached hydrogen (secondary N) is 2. The van der Waals surface area contributed by atoms with Gasteiger partial charge in [-0.2, -0.15) is 5.10 Å². The van der Waals surface area contributed by atoms with Gasteiger partial charge in [-0.25, -0.2) is 4.68 Å². The van der Waals surface area contributed by atoms with Crippen LogP contribution in [0.4, 0.5) is 11.5 Å². The average molecular weight is 439 g/mol. The number of hydrogen-bond acceptors (Lipinski definition) is 5. The van der Waals surface area contributed by atoms with Crippen LogP contribution in [0.2, 0.25) is 5.02 Å². The summed E-state index contributed by atoms with van der Waals surface area (Å²) in [6.07, 6.45) is 0.626. The Balaban J connectivity index is 1.40. The topological polar surface area (TPSA) is 94.5 Å². The summed E-state index contributed by atoms with van der Waals surface area (Å²) in [4.78, 5) is 25.3. The Labute approximate surface area is 183 Å². The zero-order valence-corrected chi connectivity index (χ0v) is 17.4. The van der Waals surface area contributed by atoms with Crippen LogP contribution in [0.5, 0.6) is 11.5 Å². The SMILES string of the molecule is CCc1nn2c(c1-c1cccc(Cl)c1)NC(=O)C2CC(=O)Nc1ccc2c(c1)OCO2. The molecule has 0 saturated heterocycles. The van der Waals surface area contributed by atoms with Crippen molar-refractivity contribution < 1.29 is 19.1 Å². The van der Waals surface area contributed by atoms with Crippen LogP contribution in [0.3, 0.4) is 0 Å². The van der Waals surface area contributed by atoms with Crippen molar-refractivity contribution >= 4 is 34.9 Å². The molecule has 2 aliphatic heterocycles. The average Bonchev–Trinajstić information content (AvgIpc) is 3.42. The lowest BCUT2D eigenvalue weighted by atomic mass is 10.0. The quantitative estimate of drug-likeness (QED) is 0.627. The smallest absolute Gasteiger partial charge is 0.251 e. The van der Waals surface area contributed by atoms with E-state index in [2.05, 4.69) is 15.7 Å². The minimum atomic E-state index is -0.734. The number of carbonyl (C=O) groups is 2. The molecule has 9 heteroatoms. The molecule has 1 unspecified atom stereocenters. The van der Waals surface area contributed by atoms with Crippen molar-refractivity contribution in [2.75, 3.05) is 17.4 Å². The number of benzene rings is 2. The van der Waals surface area contributed by atoms with Crippen LogP contribution in [-0.4, -0.2) is 28.4 Å². The standard InChI is InChI=1S/C22H19ClN4O4/c1-2-15-20(12-4-3-5-13(23)8-12)21-25-22(29)16(27(21)26-15)10-19(28)24-14-6-7-17-18(9-14)31-11-30-17/h3-9,16H,2,10-11H2,1H3,(H,24,28)(H,25,29). The van der Waals surface area contributed by atoms with Crippen molar-refractivity contribution in [2.24, 2.45) is 0 Å². The lowest BCUT2D eigenvalue weighted by Crippen LogP contribution is -2.23. The van der Waals surface area contributed by atoms with Gasteiger partial charge in [-0.3, -0.25) is 9.59 Å². The third kappa shape index (κ3) is 3.48. The van der Waals surface area contributed by atoms with E-state index >= 15 is 0 Å². The molecule has 2 amide bonds. The van der Waals surface area contributed by atoms with Crippen LogP contribution >= 0.6 is 11.6 Å². The molecule has 31 heavy (non-hydrogen) atoms. The van der Waals surface area contributed by atoms with Crippen LogP contribution in [0, 0.1) is 0 Å². The molecule has 2 N–H and O–H groups in total. The maximum Gasteiger partial charge on any atom is 0.251 e. The Hall–Kier alpha value is -3.52. The summed E-state index contributed by atoms with van der Waals surface area (Å²) in [7, 11) is 0. The highest BCUT2D eigenvalue weighted by Crippen LogP contribution is 2.39. The summed E-state index contributed by atoms with van der Waals surface area (Å²) in [5.74, 6) is 1.23. The first-order chi connectivity index (χ1) is 15.0. The van der Waals surface area contributed by atoms with Crippen LogP contribution < -0.4 is 20.1 Å². The van der Waals surface area contributed by atoms with Gasteiger partial charge in [0.25, 0.3) is 5.91 Å². The van der Waals surface area contributed by atoms with Crippen LogP contribution in [0.1, 0.15) is 25.1 Å². The zero-order chi connectivity index (χ0) is 21.5. The fraction of sp³-hybridized carbons (Fsp3) is 0.227. The third-order valence-electron chi connectivity index (χ3n) is 5.31. The van der Waals surface area contributed by atoms with Crippen molar-refractivity contribution in [2.45, 2.75) is 25.8 Å². The number of ether oxygens (including phenoxy) is 2. The Bertz CT molecular complexity index is 1210. The first kappa shape index (κ1) is 19.4. The molecule has 2 aliphatic rings. The van der Waals surface area contributed by atoms with E-state index in [4.69, 9.17) is 21.1 Å². The first-order valence-electron chi connectivity index (χ1n) is 9.91. The largest absolute Gasteiger partial charge is 0.454 e. The van der Waals surface area contributed by atoms with Gasteiger partial charge in [0.1, 0.15) is 11.9 Å². The summed E-state index contributed by atoms with van der Waals surface area (Å²) < 4.78 is 12.2. The lowest BCUT2D eigenvalue weighted by molar-refractivity contribution is -0.123.